The summed E-state index contributed by atoms with van der Waals surface area (Å²) in [6.45, 7) is 0.698. The molecular weight excluding hydrogens is 340 g/mol. The van der Waals surface area contributed by atoms with Crippen LogP contribution >= 0.6 is 0 Å². The Labute approximate surface area is 158 Å². The van der Waals surface area contributed by atoms with Crippen LogP contribution in [-0.2, 0) is 9.59 Å². The number of anilines is 1. The van der Waals surface area contributed by atoms with Crippen LogP contribution in [0, 0.1) is 0 Å². The van der Waals surface area contributed by atoms with Gasteiger partial charge in [-0.05, 0) is 30.5 Å². The maximum Gasteiger partial charge on any atom is 0.270 e. The lowest BCUT2D eigenvalue weighted by Gasteiger charge is -2.24. The van der Waals surface area contributed by atoms with Gasteiger partial charge in [-0.25, -0.2) is 0 Å². The van der Waals surface area contributed by atoms with Crippen LogP contribution < -0.4 is 10.7 Å². The number of likely N-dealkylation sites (tertiary alicyclic amines) is 1. The molecule has 138 valence electrons. The third-order valence-corrected chi connectivity index (χ3v) is 5.20. The molecule has 0 aromatic heterocycles. The second-order valence-electron chi connectivity index (χ2n) is 6.92. The van der Waals surface area contributed by atoms with Crippen molar-refractivity contribution in [2.24, 2.45) is 10.8 Å². The number of hydrogen-bond acceptors (Lipinski definition) is 4. The number of primary amides is 1. The van der Waals surface area contributed by atoms with Gasteiger partial charge >= 0.3 is 0 Å². The zero-order chi connectivity index (χ0) is 18.8. The second-order valence-corrected chi connectivity index (χ2v) is 6.92. The lowest BCUT2D eigenvalue weighted by molar-refractivity contribution is -0.125. The Hall–Kier alpha value is -3.15. The van der Waals surface area contributed by atoms with Crippen molar-refractivity contribution in [3.05, 3.63) is 66.2 Å². The molecule has 2 aromatic carbocycles. The predicted molar refractivity (Wildman–Crippen MR) is 104 cm³/mol. The largest absolute Gasteiger partial charge is 0.368 e. The molecule has 2 aliphatic rings. The molecule has 0 saturated carbocycles. The minimum Gasteiger partial charge on any atom is -0.368 e. The molecule has 4 rings (SSSR count). The van der Waals surface area contributed by atoms with Gasteiger partial charge in [0.2, 0.25) is 5.91 Å². The molecule has 2 heterocycles. The number of carbonyl (C=O) groups excluding carboxylic acids is 2. The van der Waals surface area contributed by atoms with Crippen LogP contribution in [0.2, 0.25) is 0 Å². The van der Waals surface area contributed by atoms with Crippen LogP contribution in [-0.4, -0.2) is 35.0 Å². The van der Waals surface area contributed by atoms with E-state index in [0.29, 0.717) is 12.3 Å². The number of hydrogen-bond donors (Lipinski definition) is 1. The quantitative estimate of drug-likeness (QED) is 0.907. The molecule has 0 unspecified atom stereocenters. The first-order valence-electron chi connectivity index (χ1n) is 9.22. The lowest BCUT2D eigenvalue weighted by atomic mass is 10.0. The summed E-state index contributed by atoms with van der Waals surface area (Å²) < 4.78 is 0. The van der Waals surface area contributed by atoms with E-state index in [0.717, 1.165) is 24.1 Å². The number of amides is 2. The van der Waals surface area contributed by atoms with Crippen molar-refractivity contribution in [1.82, 2.24) is 4.90 Å². The van der Waals surface area contributed by atoms with Crippen LogP contribution in [0.3, 0.4) is 0 Å². The van der Waals surface area contributed by atoms with Gasteiger partial charge < -0.3 is 10.6 Å². The highest BCUT2D eigenvalue weighted by Crippen LogP contribution is 2.33. The molecule has 6 nitrogen and oxygen atoms in total. The Morgan fingerprint density at radius 2 is 1.67 bits per heavy atom. The average Bonchev–Trinajstić information content (AvgIpc) is 3.36. The number of rotatable bonds is 4. The molecule has 0 radical (unpaired) electrons. The third-order valence-electron chi connectivity index (χ3n) is 5.20. The molecule has 1 saturated heterocycles. The van der Waals surface area contributed by atoms with E-state index in [9.17, 15) is 9.59 Å². The number of benzene rings is 2. The van der Waals surface area contributed by atoms with Gasteiger partial charge in [-0.3, -0.25) is 14.6 Å². The Morgan fingerprint density at radius 1 is 1.00 bits per heavy atom. The highest BCUT2D eigenvalue weighted by Gasteiger charge is 2.39. The van der Waals surface area contributed by atoms with Gasteiger partial charge in [0.25, 0.3) is 5.91 Å². The van der Waals surface area contributed by atoms with Crippen molar-refractivity contribution in [2.45, 2.75) is 31.3 Å². The second kappa shape index (κ2) is 7.23. The van der Waals surface area contributed by atoms with Gasteiger partial charge in [0, 0.05) is 13.0 Å². The summed E-state index contributed by atoms with van der Waals surface area (Å²) >= 11 is 0. The summed E-state index contributed by atoms with van der Waals surface area (Å²) in [4.78, 5) is 27.0. The van der Waals surface area contributed by atoms with Gasteiger partial charge in [0.05, 0.1) is 11.7 Å². The molecule has 2 amide bonds. The maximum absolute atomic E-state index is 13.2. The van der Waals surface area contributed by atoms with Crippen LogP contribution in [0.25, 0.3) is 0 Å². The van der Waals surface area contributed by atoms with E-state index in [1.807, 2.05) is 53.4 Å². The van der Waals surface area contributed by atoms with Crippen molar-refractivity contribution >= 4 is 23.2 Å². The third kappa shape index (κ3) is 3.30. The van der Waals surface area contributed by atoms with Crippen molar-refractivity contribution in [3.8, 4) is 0 Å². The summed E-state index contributed by atoms with van der Waals surface area (Å²) in [6.07, 6.45) is 2.13. The molecular formula is C21H22N4O2. The molecule has 27 heavy (non-hydrogen) atoms. The van der Waals surface area contributed by atoms with Crippen molar-refractivity contribution < 1.29 is 9.59 Å². The van der Waals surface area contributed by atoms with Crippen molar-refractivity contribution in [2.75, 3.05) is 11.6 Å². The molecule has 6 heteroatoms. The molecule has 0 spiro atoms. The molecule has 0 aliphatic carbocycles. The molecule has 1 fully saturated rings. The minimum atomic E-state index is -0.635. The Morgan fingerprint density at radius 3 is 2.33 bits per heavy atom. The van der Waals surface area contributed by atoms with E-state index in [-0.39, 0.29) is 18.4 Å². The fourth-order valence-electron chi connectivity index (χ4n) is 3.88. The van der Waals surface area contributed by atoms with E-state index < -0.39 is 11.9 Å². The highest BCUT2D eigenvalue weighted by atomic mass is 16.2. The minimum absolute atomic E-state index is 0.0548. The summed E-state index contributed by atoms with van der Waals surface area (Å²) in [6, 6.07) is 18.8. The Bertz CT molecular complexity index is 866. The van der Waals surface area contributed by atoms with Crippen molar-refractivity contribution in [3.63, 3.8) is 0 Å². The van der Waals surface area contributed by atoms with Crippen LogP contribution in [0.1, 0.15) is 30.9 Å². The van der Waals surface area contributed by atoms with E-state index >= 15 is 0 Å². The predicted octanol–water partition coefficient (Wildman–Crippen LogP) is 2.47. The Kier molecular flexibility index (Phi) is 4.62. The average molecular weight is 362 g/mol. The first-order chi connectivity index (χ1) is 13.1. The monoisotopic (exact) mass is 362 g/mol. The summed E-state index contributed by atoms with van der Waals surface area (Å²) in [5.41, 5.74) is 7.86. The standard InChI is InChI=1S/C21H22N4O2/c22-20(26)19-14-17(23-25(19)16-10-5-2-6-11-16)21(27)24-13-7-12-18(24)15-8-3-1-4-9-15/h1-6,8-11,18-19H,7,12-14H2,(H2,22,26)/t18-,19+/m0/s1. The number of nitrogens with zero attached hydrogens (tertiary/aromatic N) is 3. The topological polar surface area (TPSA) is 79.0 Å². The molecule has 2 atom stereocenters. The SMILES string of the molecule is NC(=O)[C@H]1CC(C(=O)N2CCC[C@H]2c2ccccc2)=NN1c1ccccc1. The van der Waals surface area contributed by atoms with Gasteiger partial charge in [0.15, 0.2) is 0 Å². The zero-order valence-electron chi connectivity index (χ0n) is 15.0. The van der Waals surface area contributed by atoms with E-state index in [2.05, 4.69) is 17.2 Å². The highest BCUT2D eigenvalue weighted by molar-refractivity contribution is 6.40. The van der Waals surface area contributed by atoms with Gasteiger partial charge in [-0.1, -0.05) is 48.5 Å². The first kappa shape index (κ1) is 17.3. The van der Waals surface area contributed by atoms with Gasteiger partial charge in [-0.15, -0.1) is 0 Å². The van der Waals surface area contributed by atoms with Gasteiger partial charge in [-0.2, -0.15) is 5.10 Å². The summed E-state index contributed by atoms with van der Waals surface area (Å²) in [7, 11) is 0. The fourth-order valence-corrected chi connectivity index (χ4v) is 3.88. The smallest absolute Gasteiger partial charge is 0.270 e. The van der Waals surface area contributed by atoms with Crippen LogP contribution in [0.4, 0.5) is 5.69 Å². The molecule has 2 N–H and O–H groups in total. The summed E-state index contributed by atoms with van der Waals surface area (Å²) in [5.74, 6) is -0.586. The van der Waals surface area contributed by atoms with Crippen LogP contribution in [0.15, 0.2) is 65.8 Å². The zero-order valence-corrected chi connectivity index (χ0v) is 15.0. The summed E-state index contributed by atoms with van der Waals surface area (Å²) in [5, 5.41) is 6.06. The maximum atomic E-state index is 13.2. The Balaban J connectivity index is 1.60. The number of nitrogens with two attached hydrogens (primary N) is 1. The van der Waals surface area contributed by atoms with Crippen LogP contribution in [0.5, 0.6) is 0 Å². The number of para-hydroxylation sites is 1. The van der Waals surface area contributed by atoms with Gasteiger partial charge in [0.1, 0.15) is 11.8 Å². The first-order valence-corrected chi connectivity index (χ1v) is 9.22. The van der Waals surface area contributed by atoms with E-state index in [1.165, 1.54) is 0 Å². The fraction of sp³-hybridized carbons (Fsp3) is 0.286. The number of carbonyl (C=O) groups is 2. The van der Waals surface area contributed by atoms with E-state index in [1.54, 1.807) is 5.01 Å². The molecule has 2 aromatic rings. The van der Waals surface area contributed by atoms with E-state index in [4.69, 9.17) is 5.73 Å². The molecule has 0 bridgehead atoms. The molecule has 2 aliphatic heterocycles. The normalized spacial score (nSPS) is 22.0. The number of hydrazone groups is 1. The van der Waals surface area contributed by atoms with Crippen molar-refractivity contribution in [1.29, 1.82) is 0 Å². The lowest BCUT2D eigenvalue weighted by Crippen LogP contribution is -2.40.